The monoisotopic (exact) mass is 273 g/mol. The van der Waals surface area contributed by atoms with Crippen LogP contribution in [0.4, 0.5) is 0 Å². The smallest absolute Gasteiger partial charge is 0.194 e. The maximum Gasteiger partial charge on any atom is 0.194 e. The molecule has 0 spiro atoms. The van der Waals surface area contributed by atoms with Crippen LogP contribution in [0, 0.1) is 0 Å². The third kappa shape index (κ3) is 2.96. The summed E-state index contributed by atoms with van der Waals surface area (Å²) in [6.07, 6.45) is 1.81. The summed E-state index contributed by atoms with van der Waals surface area (Å²) in [4.78, 5) is 6.74. The second kappa shape index (κ2) is 5.83. The highest BCUT2D eigenvalue weighted by atomic mass is 16.3. The lowest BCUT2D eigenvalue weighted by atomic mass is 10.1. The number of aliphatic hydroxyl groups excluding tert-OH is 1. The summed E-state index contributed by atoms with van der Waals surface area (Å²) in [5.41, 5.74) is 1.40. The van der Waals surface area contributed by atoms with Gasteiger partial charge in [-0.2, -0.15) is 0 Å². The highest BCUT2D eigenvalue weighted by Crippen LogP contribution is 2.40. The van der Waals surface area contributed by atoms with Gasteiger partial charge < -0.3 is 15.3 Å². The zero-order valence-electron chi connectivity index (χ0n) is 12.0. The minimum absolute atomic E-state index is 0.206. The van der Waals surface area contributed by atoms with Crippen LogP contribution in [0.2, 0.25) is 0 Å². The number of likely N-dealkylation sites (tertiary alicyclic amines) is 1. The fourth-order valence-electron chi connectivity index (χ4n) is 2.91. The SMILES string of the molecule is CCN=C(NC1CC1c1ccccc1)N1CC[C@@H](O)C1. The van der Waals surface area contributed by atoms with Gasteiger partial charge in [-0.3, -0.25) is 4.99 Å². The van der Waals surface area contributed by atoms with Crippen molar-refractivity contribution in [3.63, 3.8) is 0 Å². The normalized spacial score (nSPS) is 29.6. The largest absolute Gasteiger partial charge is 0.391 e. The minimum Gasteiger partial charge on any atom is -0.391 e. The summed E-state index contributed by atoms with van der Waals surface area (Å²) in [7, 11) is 0. The van der Waals surface area contributed by atoms with Gasteiger partial charge in [-0.05, 0) is 25.3 Å². The van der Waals surface area contributed by atoms with E-state index in [2.05, 4.69) is 52.5 Å². The fourth-order valence-corrected chi connectivity index (χ4v) is 2.91. The Morgan fingerprint density at radius 2 is 2.20 bits per heavy atom. The molecule has 2 fully saturated rings. The Morgan fingerprint density at radius 3 is 2.85 bits per heavy atom. The van der Waals surface area contributed by atoms with Crippen molar-refractivity contribution in [3.8, 4) is 0 Å². The zero-order chi connectivity index (χ0) is 13.9. The summed E-state index contributed by atoms with van der Waals surface area (Å²) in [6.45, 7) is 4.43. The highest BCUT2D eigenvalue weighted by molar-refractivity contribution is 5.81. The molecule has 0 bridgehead atoms. The summed E-state index contributed by atoms with van der Waals surface area (Å²) >= 11 is 0. The van der Waals surface area contributed by atoms with E-state index < -0.39 is 0 Å². The quantitative estimate of drug-likeness (QED) is 0.649. The molecule has 1 aromatic rings. The first kappa shape index (κ1) is 13.4. The molecule has 2 aliphatic rings. The Kier molecular flexibility index (Phi) is 3.92. The molecule has 1 aliphatic heterocycles. The number of β-amino-alcohol motifs (C(OH)–C–C–N with tert-alkyl or cyclic N) is 1. The first-order valence-corrected chi connectivity index (χ1v) is 7.57. The molecule has 108 valence electrons. The highest BCUT2D eigenvalue weighted by Gasteiger charge is 2.40. The Hall–Kier alpha value is -1.55. The van der Waals surface area contributed by atoms with E-state index in [1.165, 1.54) is 12.0 Å². The van der Waals surface area contributed by atoms with E-state index >= 15 is 0 Å². The maximum atomic E-state index is 9.67. The molecule has 1 aromatic carbocycles. The predicted octanol–water partition coefficient (Wildman–Crippen LogP) is 1.57. The Labute approximate surface area is 120 Å². The molecule has 0 amide bonds. The van der Waals surface area contributed by atoms with Gasteiger partial charge in [0.15, 0.2) is 5.96 Å². The van der Waals surface area contributed by atoms with Crippen molar-refractivity contribution in [1.29, 1.82) is 0 Å². The Balaban J connectivity index is 1.60. The minimum atomic E-state index is -0.206. The molecule has 3 atom stereocenters. The number of hydrogen-bond acceptors (Lipinski definition) is 2. The van der Waals surface area contributed by atoms with Gasteiger partial charge in [0, 0.05) is 31.6 Å². The van der Waals surface area contributed by atoms with E-state index in [1.54, 1.807) is 0 Å². The number of benzene rings is 1. The van der Waals surface area contributed by atoms with Crippen LogP contribution in [0.1, 0.15) is 31.2 Å². The Bertz CT molecular complexity index is 474. The first-order chi connectivity index (χ1) is 9.78. The van der Waals surface area contributed by atoms with Crippen molar-refractivity contribution < 1.29 is 5.11 Å². The molecule has 2 unspecified atom stereocenters. The summed E-state index contributed by atoms with van der Waals surface area (Å²) in [6, 6.07) is 11.1. The van der Waals surface area contributed by atoms with Crippen LogP contribution in [0.5, 0.6) is 0 Å². The summed E-state index contributed by atoms with van der Waals surface area (Å²) in [5.74, 6) is 1.57. The van der Waals surface area contributed by atoms with Crippen LogP contribution >= 0.6 is 0 Å². The van der Waals surface area contributed by atoms with Gasteiger partial charge in [-0.15, -0.1) is 0 Å². The third-order valence-corrected chi connectivity index (χ3v) is 4.10. The van der Waals surface area contributed by atoms with Crippen molar-refractivity contribution in [2.75, 3.05) is 19.6 Å². The van der Waals surface area contributed by atoms with Gasteiger partial charge in [0.2, 0.25) is 0 Å². The number of nitrogens with one attached hydrogen (secondary N) is 1. The molecular formula is C16H23N3O. The lowest BCUT2D eigenvalue weighted by molar-refractivity contribution is 0.187. The third-order valence-electron chi connectivity index (χ3n) is 4.10. The van der Waals surface area contributed by atoms with Crippen LogP contribution in [0.25, 0.3) is 0 Å². The molecule has 1 saturated heterocycles. The van der Waals surface area contributed by atoms with Crippen LogP contribution in [0.15, 0.2) is 35.3 Å². The molecule has 1 heterocycles. The standard InChI is InChI=1S/C16H23N3O/c1-2-17-16(19-9-8-13(20)11-19)18-15-10-14(15)12-6-4-3-5-7-12/h3-7,13-15,20H,2,8-11H2,1H3,(H,17,18)/t13-,14?,15?/m1/s1. The number of rotatable bonds is 3. The van der Waals surface area contributed by atoms with Crippen molar-refractivity contribution >= 4 is 5.96 Å². The first-order valence-electron chi connectivity index (χ1n) is 7.57. The lowest BCUT2D eigenvalue weighted by Gasteiger charge is -2.21. The second-order valence-electron chi connectivity index (χ2n) is 5.69. The van der Waals surface area contributed by atoms with Gasteiger partial charge in [-0.25, -0.2) is 0 Å². The Morgan fingerprint density at radius 1 is 1.40 bits per heavy atom. The van der Waals surface area contributed by atoms with E-state index in [0.717, 1.165) is 25.5 Å². The van der Waals surface area contributed by atoms with Gasteiger partial charge >= 0.3 is 0 Å². The zero-order valence-corrected chi connectivity index (χ0v) is 12.0. The van der Waals surface area contributed by atoms with E-state index in [0.29, 0.717) is 18.5 Å². The average Bonchev–Trinajstić information content (AvgIpc) is 3.11. The molecule has 20 heavy (non-hydrogen) atoms. The number of guanidine groups is 1. The molecule has 0 radical (unpaired) electrons. The van der Waals surface area contributed by atoms with Crippen molar-refractivity contribution in [3.05, 3.63) is 35.9 Å². The number of aliphatic hydroxyl groups is 1. The van der Waals surface area contributed by atoms with Gasteiger partial charge in [0.25, 0.3) is 0 Å². The van der Waals surface area contributed by atoms with Gasteiger partial charge in [0.1, 0.15) is 0 Å². The molecule has 2 N–H and O–H groups in total. The van der Waals surface area contributed by atoms with Gasteiger partial charge in [0.05, 0.1) is 6.10 Å². The molecule has 0 aromatic heterocycles. The predicted molar refractivity (Wildman–Crippen MR) is 80.9 cm³/mol. The van der Waals surface area contributed by atoms with Crippen LogP contribution < -0.4 is 5.32 Å². The summed E-state index contributed by atoms with van der Waals surface area (Å²) in [5, 5.41) is 13.2. The van der Waals surface area contributed by atoms with E-state index in [4.69, 9.17) is 0 Å². The van der Waals surface area contributed by atoms with Crippen LogP contribution in [0.3, 0.4) is 0 Å². The second-order valence-corrected chi connectivity index (χ2v) is 5.69. The number of hydrogen-bond donors (Lipinski definition) is 2. The summed E-state index contributed by atoms with van der Waals surface area (Å²) < 4.78 is 0. The molecule has 3 rings (SSSR count). The fraction of sp³-hybridized carbons (Fsp3) is 0.562. The number of aliphatic imine (C=N–C) groups is 1. The molecule has 1 saturated carbocycles. The van der Waals surface area contributed by atoms with Gasteiger partial charge in [-0.1, -0.05) is 30.3 Å². The van der Waals surface area contributed by atoms with Crippen molar-refractivity contribution in [2.45, 2.75) is 37.8 Å². The topological polar surface area (TPSA) is 47.9 Å². The van der Waals surface area contributed by atoms with E-state index in [9.17, 15) is 5.11 Å². The molecule has 4 heteroatoms. The lowest BCUT2D eigenvalue weighted by Crippen LogP contribution is -2.42. The van der Waals surface area contributed by atoms with Crippen LogP contribution in [-0.4, -0.2) is 47.7 Å². The molecule has 4 nitrogen and oxygen atoms in total. The molecule has 1 aliphatic carbocycles. The van der Waals surface area contributed by atoms with E-state index in [1.807, 2.05) is 0 Å². The average molecular weight is 273 g/mol. The number of nitrogens with zero attached hydrogens (tertiary/aromatic N) is 2. The maximum absolute atomic E-state index is 9.67. The molecular weight excluding hydrogens is 250 g/mol. The van der Waals surface area contributed by atoms with Crippen LogP contribution in [-0.2, 0) is 0 Å². The van der Waals surface area contributed by atoms with E-state index in [-0.39, 0.29) is 6.10 Å². The van der Waals surface area contributed by atoms with Crippen molar-refractivity contribution in [1.82, 2.24) is 10.2 Å². The van der Waals surface area contributed by atoms with Crippen molar-refractivity contribution in [2.24, 2.45) is 4.99 Å².